The molecule has 1 amide bonds. The highest BCUT2D eigenvalue weighted by Crippen LogP contribution is 2.22. The van der Waals surface area contributed by atoms with Gasteiger partial charge in [-0.3, -0.25) is 4.79 Å². The van der Waals surface area contributed by atoms with E-state index in [1.165, 1.54) is 0 Å². The summed E-state index contributed by atoms with van der Waals surface area (Å²) in [5.74, 6) is 1.86. The number of nitrogens with one attached hydrogen (secondary N) is 1. The van der Waals surface area contributed by atoms with Gasteiger partial charge in [-0.25, -0.2) is 0 Å². The summed E-state index contributed by atoms with van der Waals surface area (Å²) >= 11 is 0. The van der Waals surface area contributed by atoms with Crippen LogP contribution in [0, 0.1) is 12.3 Å². The number of benzene rings is 3. The summed E-state index contributed by atoms with van der Waals surface area (Å²) in [6, 6.07) is 28.1. The van der Waals surface area contributed by atoms with E-state index < -0.39 is 30.3 Å². The van der Waals surface area contributed by atoms with E-state index >= 15 is 0 Å². The van der Waals surface area contributed by atoms with E-state index in [1.54, 1.807) is 0 Å². The van der Waals surface area contributed by atoms with Gasteiger partial charge in [0.2, 0.25) is 0 Å². The Morgan fingerprint density at radius 3 is 1.77 bits per heavy atom. The summed E-state index contributed by atoms with van der Waals surface area (Å²) in [4.78, 5) is 16.1. The minimum atomic E-state index is -1.30. The highest BCUT2D eigenvalue weighted by Gasteiger charge is 2.40. The van der Waals surface area contributed by atoms with Gasteiger partial charge in [0.15, 0.2) is 6.10 Å². The van der Waals surface area contributed by atoms with Crippen molar-refractivity contribution in [2.45, 2.75) is 44.2 Å². The number of nitrogens with zero attached hydrogens (tertiary/aromatic N) is 3. The third-order valence-electron chi connectivity index (χ3n) is 5.80. The second kappa shape index (κ2) is 16.6. The first kappa shape index (κ1) is 29.4. The first-order chi connectivity index (χ1) is 19.1. The van der Waals surface area contributed by atoms with Gasteiger partial charge >= 0.3 is 0 Å². The van der Waals surface area contributed by atoms with Crippen molar-refractivity contribution in [1.29, 1.82) is 0 Å². The number of aliphatic hydroxyl groups excluding tert-OH is 1. The Morgan fingerprint density at radius 2 is 1.31 bits per heavy atom. The Hall–Kier alpha value is -4.16. The van der Waals surface area contributed by atoms with Crippen LogP contribution in [-0.4, -0.2) is 48.5 Å². The Labute approximate surface area is 228 Å². The highest BCUT2D eigenvalue weighted by atomic mass is 16.6. The van der Waals surface area contributed by atoms with Crippen molar-refractivity contribution in [2.24, 2.45) is 5.11 Å². The molecular weight excluding hydrogens is 496 g/mol. The number of terminal acetylenes is 1. The first-order valence-electron chi connectivity index (χ1n) is 12.5. The topological polar surface area (TPSA) is 126 Å². The fourth-order valence-electron chi connectivity index (χ4n) is 3.86. The van der Waals surface area contributed by atoms with Crippen molar-refractivity contribution in [3.8, 4) is 12.3 Å². The third-order valence-corrected chi connectivity index (χ3v) is 5.80. The minimum Gasteiger partial charge on any atom is -0.390 e. The van der Waals surface area contributed by atoms with Crippen molar-refractivity contribution in [1.82, 2.24) is 5.32 Å². The van der Waals surface area contributed by atoms with Crippen LogP contribution in [0.5, 0.6) is 0 Å². The molecule has 3 rings (SSSR count). The maximum atomic E-state index is 13.4. The van der Waals surface area contributed by atoms with E-state index in [-0.39, 0.29) is 32.9 Å². The van der Waals surface area contributed by atoms with Gasteiger partial charge in [0.05, 0.1) is 39.0 Å². The lowest BCUT2D eigenvalue weighted by molar-refractivity contribution is -0.184. The Balaban J connectivity index is 1.96. The van der Waals surface area contributed by atoms with E-state index in [4.69, 9.17) is 26.2 Å². The molecule has 3 aromatic rings. The Morgan fingerprint density at radius 1 is 0.846 bits per heavy atom. The average Bonchev–Trinajstić information content (AvgIpc) is 2.98. The van der Waals surface area contributed by atoms with E-state index in [2.05, 4.69) is 21.3 Å². The van der Waals surface area contributed by atoms with Crippen molar-refractivity contribution < 1.29 is 24.1 Å². The molecule has 0 unspecified atom stereocenters. The molecule has 0 spiro atoms. The third kappa shape index (κ3) is 9.91. The second-order valence-corrected chi connectivity index (χ2v) is 8.64. The Kier molecular flexibility index (Phi) is 12.5. The number of aliphatic hydroxyl groups is 1. The van der Waals surface area contributed by atoms with Crippen molar-refractivity contribution in [3.63, 3.8) is 0 Å². The molecule has 9 nitrogen and oxygen atoms in total. The predicted octanol–water partition coefficient (Wildman–Crippen LogP) is 4.16. The van der Waals surface area contributed by atoms with Gasteiger partial charge in [-0.05, 0) is 22.2 Å². The smallest absolute Gasteiger partial charge is 0.252 e. The fourth-order valence-corrected chi connectivity index (χ4v) is 3.86. The van der Waals surface area contributed by atoms with Crippen LogP contribution in [0.2, 0.25) is 0 Å². The van der Waals surface area contributed by atoms with Gasteiger partial charge in [-0.2, -0.15) is 0 Å². The van der Waals surface area contributed by atoms with Crippen LogP contribution >= 0.6 is 0 Å². The Bertz CT molecular complexity index is 1210. The summed E-state index contributed by atoms with van der Waals surface area (Å²) < 4.78 is 18.6. The summed E-state index contributed by atoms with van der Waals surface area (Å²) in [6.07, 6.45) is 0.665. The number of rotatable bonds is 16. The second-order valence-electron chi connectivity index (χ2n) is 8.64. The van der Waals surface area contributed by atoms with Gasteiger partial charge in [-0.1, -0.05) is 102 Å². The maximum Gasteiger partial charge on any atom is 0.252 e. The van der Waals surface area contributed by atoms with E-state index in [9.17, 15) is 9.90 Å². The largest absolute Gasteiger partial charge is 0.390 e. The van der Waals surface area contributed by atoms with Crippen LogP contribution in [0.1, 0.15) is 16.7 Å². The summed E-state index contributed by atoms with van der Waals surface area (Å²) in [5.41, 5.74) is 11.4. The highest BCUT2D eigenvalue weighted by molar-refractivity contribution is 5.81. The zero-order valence-electron chi connectivity index (χ0n) is 21.5. The van der Waals surface area contributed by atoms with Gasteiger partial charge in [-0.15, -0.1) is 6.42 Å². The molecule has 0 heterocycles. The molecule has 0 aliphatic heterocycles. The number of azide groups is 1. The van der Waals surface area contributed by atoms with Crippen LogP contribution in [0.25, 0.3) is 10.4 Å². The van der Waals surface area contributed by atoms with E-state index in [0.29, 0.717) is 0 Å². The van der Waals surface area contributed by atoms with Crippen molar-refractivity contribution in [3.05, 3.63) is 118 Å². The van der Waals surface area contributed by atoms with Crippen LogP contribution in [0.3, 0.4) is 0 Å². The molecule has 9 heteroatoms. The van der Waals surface area contributed by atoms with Crippen LogP contribution in [-0.2, 0) is 38.8 Å². The summed E-state index contributed by atoms with van der Waals surface area (Å²) in [7, 11) is 0. The lowest BCUT2D eigenvalue weighted by Crippen LogP contribution is -2.54. The van der Waals surface area contributed by atoms with Crippen LogP contribution in [0.15, 0.2) is 96.1 Å². The molecule has 0 aromatic heterocycles. The van der Waals surface area contributed by atoms with Crippen molar-refractivity contribution >= 4 is 5.91 Å². The molecular formula is C30H32N4O5. The molecule has 0 saturated carbocycles. The maximum absolute atomic E-state index is 13.4. The molecule has 0 bridgehead atoms. The van der Waals surface area contributed by atoms with Gasteiger partial charge in [0.25, 0.3) is 5.91 Å². The molecule has 0 saturated heterocycles. The quantitative estimate of drug-likeness (QED) is 0.125. The summed E-state index contributed by atoms with van der Waals surface area (Å²) in [5, 5.41) is 17.3. The van der Waals surface area contributed by atoms with Gasteiger partial charge in [0, 0.05) is 4.91 Å². The zero-order chi connectivity index (χ0) is 27.7. The molecule has 2 N–H and O–H groups in total. The predicted molar refractivity (Wildman–Crippen MR) is 147 cm³/mol. The molecule has 0 radical (unpaired) electrons. The number of amides is 1. The standard InChI is InChI=1S/C30H32N4O5/c1-2-18-32-30(36)29(39-22-25-16-10-5-11-17-25)28(38-21-24-14-8-4-9-15-24)27(26(35)19-33-34-31)37-20-23-12-6-3-7-13-23/h1,3-17,26-29,35H,18-22H2,(H,32,36)/t26-,27-,28+,29-/m1/s1. The first-order valence-corrected chi connectivity index (χ1v) is 12.5. The number of hydrogen-bond donors (Lipinski definition) is 2. The molecule has 202 valence electrons. The van der Waals surface area contributed by atoms with Gasteiger partial charge in [0.1, 0.15) is 12.2 Å². The number of carbonyl (C=O) groups is 1. The molecule has 3 aromatic carbocycles. The molecule has 0 fully saturated rings. The molecule has 39 heavy (non-hydrogen) atoms. The minimum absolute atomic E-state index is 0.0216. The fraction of sp³-hybridized carbons (Fsp3) is 0.300. The lowest BCUT2D eigenvalue weighted by Gasteiger charge is -2.35. The van der Waals surface area contributed by atoms with Gasteiger partial charge < -0.3 is 24.6 Å². The number of ether oxygens (including phenoxy) is 3. The van der Waals surface area contributed by atoms with Crippen LogP contribution < -0.4 is 5.32 Å². The molecule has 0 aliphatic rings. The normalized spacial score (nSPS) is 13.7. The molecule has 4 atom stereocenters. The monoisotopic (exact) mass is 528 g/mol. The SMILES string of the molecule is C#CCNC(=O)[C@H](OCc1ccccc1)[C@@H](OCc1ccccc1)[C@H](OCc1ccccc1)[C@H](O)CN=[N+]=[N-]. The van der Waals surface area contributed by atoms with E-state index in [1.807, 2.05) is 91.0 Å². The van der Waals surface area contributed by atoms with Crippen LogP contribution in [0.4, 0.5) is 0 Å². The van der Waals surface area contributed by atoms with Crippen molar-refractivity contribution in [2.75, 3.05) is 13.1 Å². The summed E-state index contributed by atoms with van der Waals surface area (Å²) in [6.45, 7) is 0.00276. The zero-order valence-corrected chi connectivity index (χ0v) is 21.5. The average molecular weight is 529 g/mol. The van der Waals surface area contributed by atoms with E-state index in [0.717, 1.165) is 16.7 Å². The number of carbonyl (C=O) groups excluding carboxylic acids is 1. The number of hydrogen-bond acceptors (Lipinski definition) is 6. The molecule has 0 aliphatic carbocycles. The lowest BCUT2D eigenvalue weighted by atomic mass is 10.0.